The SMILES string of the molecule is CC(C)O[C](=O)[V]([C](=O)OC(C)C)[C](=O)OC(C)C. The number of ether oxygens (including phenoxy) is 3. The minimum absolute atomic E-state index is 0.400. The molecule has 110 valence electrons. The number of carbonyl (C=O) groups excluding carboxylic acids is 3. The number of hydrogen-bond acceptors (Lipinski definition) is 6. The van der Waals surface area contributed by atoms with Crippen molar-refractivity contribution in [2.24, 2.45) is 0 Å². The maximum atomic E-state index is 11.8. The van der Waals surface area contributed by atoms with Gasteiger partial charge >= 0.3 is 118 Å². The van der Waals surface area contributed by atoms with E-state index in [1.165, 1.54) is 0 Å². The first kappa shape index (κ1) is 18.0. The van der Waals surface area contributed by atoms with Crippen LogP contribution in [0.5, 0.6) is 0 Å². The Kier molecular flexibility index (Phi) is 7.79. The monoisotopic (exact) mass is 312 g/mol. The molecule has 0 heterocycles. The Labute approximate surface area is 118 Å². The van der Waals surface area contributed by atoms with Gasteiger partial charge < -0.3 is 0 Å². The molecule has 0 aromatic heterocycles. The van der Waals surface area contributed by atoms with Crippen molar-refractivity contribution in [3.63, 3.8) is 0 Å². The molecule has 0 aliphatic heterocycles. The molecular formula is C12H21O6V. The summed E-state index contributed by atoms with van der Waals surface area (Å²) in [6.45, 7) is 9.87. The van der Waals surface area contributed by atoms with Crippen molar-refractivity contribution < 1.29 is 43.8 Å². The molecule has 0 aliphatic rings. The van der Waals surface area contributed by atoms with Gasteiger partial charge in [0, 0.05) is 0 Å². The third kappa shape index (κ3) is 7.23. The molecule has 0 aromatic carbocycles. The Morgan fingerprint density at radius 2 is 0.842 bits per heavy atom. The first-order valence-electron chi connectivity index (χ1n) is 6.07. The summed E-state index contributed by atoms with van der Waals surface area (Å²) in [5.74, 6) is 0. The molecule has 7 heteroatoms. The van der Waals surface area contributed by atoms with Crippen LogP contribution in [-0.4, -0.2) is 32.4 Å². The molecule has 0 spiro atoms. The number of rotatable bonds is 6. The van der Waals surface area contributed by atoms with Gasteiger partial charge in [-0.15, -0.1) is 0 Å². The van der Waals surface area contributed by atoms with Crippen LogP contribution in [-0.2, 0) is 29.4 Å². The minimum atomic E-state index is -3.35. The number of carbonyl (C=O) groups is 3. The van der Waals surface area contributed by atoms with Gasteiger partial charge in [0.1, 0.15) is 0 Å². The molecule has 0 saturated heterocycles. The van der Waals surface area contributed by atoms with Crippen LogP contribution in [0.1, 0.15) is 41.5 Å². The van der Waals surface area contributed by atoms with E-state index in [0.29, 0.717) is 0 Å². The second kappa shape index (κ2) is 8.22. The molecule has 6 nitrogen and oxygen atoms in total. The molecule has 0 bridgehead atoms. The molecule has 0 N–H and O–H groups in total. The fourth-order valence-corrected chi connectivity index (χ4v) is 3.17. The standard InChI is InChI=1S/3C4H7O2.V/c3*1-4(2)6-3-5;/h3*4H,1-2H3;. The first-order chi connectivity index (χ1) is 8.65. The van der Waals surface area contributed by atoms with E-state index >= 15 is 0 Å². The van der Waals surface area contributed by atoms with Crippen LogP contribution in [0.2, 0.25) is 0 Å². The van der Waals surface area contributed by atoms with Crippen LogP contribution in [0.25, 0.3) is 0 Å². The van der Waals surface area contributed by atoms with Gasteiger partial charge in [0.15, 0.2) is 0 Å². The van der Waals surface area contributed by atoms with E-state index in [4.69, 9.17) is 14.2 Å². The van der Waals surface area contributed by atoms with E-state index < -0.39 is 47.5 Å². The Balaban J connectivity index is 4.97. The Hall–Kier alpha value is -1.01. The second-order valence-electron chi connectivity index (χ2n) is 4.63. The maximum absolute atomic E-state index is 11.8. The zero-order valence-electron chi connectivity index (χ0n) is 12.1. The molecule has 0 radical (unpaired) electrons. The summed E-state index contributed by atoms with van der Waals surface area (Å²) < 4.78 is 12.4. The fraction of sp³-hybridized carbons (Fsp3) is 0.750. The predicted molar refractivity (Wildman–Crippen MR) is 64.9 cm³/mol. The van der Waals surface area contributed by atoms with Gasteiger partial charge in [0.2, 0.25) is 0 Å². The van der Waals surface area contributed by atoms with Gasteiger partial charge in [-0.05, 0) is 0 Å². The molecule has 0 rings (SSSR count). The van der Waals surface area contributed by atoms with Crippen LogP contribution in [0.4, 0.5) is 14.4 Å². The van der Waals surface area contributed by atoms with Gasteiger partial charge in [-0.2, -0.15) is 0 Å². The topological polar surface area (TPSA) is 78.9 Å². The van der Waals surface area contributed by atoms with Crippen molar-refractivity contribution >= 4 is 14.0 Å². The van der Waals surface area contributed by atoms with Gasteiger partial charge in [-0.3, -0.25) is 0 Å². The molecule has 19 heavy (non-hydrogen) atoms. The van der Waals surface area contributed by atoms with Gasteiger partial charge in [-0.25, -0.2) is 0 Å². The molecule has 0 aromatic rings. The van der Waals surface area contributed by atoms with E-state index in [9.17, 15) is 14.4 Å². The normalized spacial score (nSPS) is 11.1. The average molecular weight is 312 g/mol. The van der Waals surface area contributed by atoms with Crippen LogP contribution in [0.15, 0.2) is 0 Å². The predicted octanol–water partition coefficient (Wildman–Crippen LogP) is 3.24. The Morgan fingerprint density at radius 3 is 1.00 bits per heavy atom. The van der Waals surface area contributed by atoms with E-state index in [1.54, 1.807) is 41.5 Å². The first-order valence-corrected chi connectivity index (χ1v) is 8.16. The van der Waals surface area contributed by atoms with Crippen molar-refractivity contribution in [3.05, 3.63) is 0 Å². The van der Waals surface area contributed by atoms with Gasteiger partial charge in [-0.1, -0.05) is 0 Å². The second-order valence-corrected chi connectivity index (χ2v) is 7.39. The van der Waals surface area contributed by atoms with Crippen molar-refractivity contribution in [3.8, 4) is 0 Å². The molecule has 0 fully saturated rings. The summed E-state index contributed by atoms with van der Waals surface area (Å²) in [4.78, 5) is 35.5. The van der Waals surface area contributed by atoms with Crippen molar-refractivity contribution in [1.82, 2.24) is 0 Å². The van der Waals surface area contributed by atoms with E-state index in [1.807, 2.05) is 0 Å². The summed E-state index contributed by atoms with van der Waals surface area (Å²) in [6.07, 6.45) is -1.20. The molecular weight excluding hydrogens is 291 g/mol. The summed E-state index contributed by atoms with van der Waals surface area (Å²) in [6, 6.07) is 0. The third-order valence-electron chi connectivity index (χ3n) is 1.56. The average Bonchev–Trinajstić information content (AvgIpc) is 2.12. The van der Waals surface area contributed by atoms with Gasteiger partial charge in [0.05, 0.1) is 0 Å². The third-order valence-corrected chi connectivity index (χ3v) is 3.76. The van der Waals surface area contributed by atoms with Crippen molar-refractivity contribution in [2.75, 3.05) is 0 Å². The van der Waals surface area contributed by atoms with Crippen LogP contribution < -0.4 is 0 Å². The van der Waals surface area contributed by atoms with E-state index in [0.717, 1.165) is 0 Å². The van der Waals surface area contributed by atoms with Crippen molar-refractivity contribution in [2.45, 2.75) is 59.9 Å². The molecule has 0 atom stereocenters. The summed E-state index contributed by atoms with van der Waals surface area (Å²) >= 11 is -3.35. The molecule has 0 amide bonds. The van der Waals surface area contributed by atoms with E-state index in [-0.39, 0.29) is 0 Å². The molecule has 0 saturated carbocycles. The quantitative estimate of drug-likeness (QED) is 0.701. The van der Waals surface area contributed by atoms with E-state index in [2.05, 4.69) is 0 Å². The van der Waals surface area contributed by atoms with Crippen LogP contribution >= 0.6 is 0 Å². The summed E-state index contributed by atoms with van der Waals surface area (Å²) in [5.41, 5.74) is 0. The van der Waals surface area contributed by atoms with Crippen molar-refractivity contribution in [1.29, 1.82) is 0 Å². The summed E-state index contributed by atoms with van der Waals surface area (Å²) in [5, 5.41) is 0. The zero-order valence-corrected chi connectivity index (χ0v) is 13.5. The Bertz CT molecular complexity index is 285. The zero-order chi connectivity index (χ0) is 15.2. The van der Waals surface area contributed by atoms with Gasteiger partial charge in [0.25, 0.3) is 0 Å². The summed E-state index contributed by atoms with van der Waals surface area (Å²) in [7, 11) is 0. The van der Waals surface area contributed by atoms with Crippen LogP contribution in [0.3, 0.4) is 0 Å². The number of hydrogen-bond donors (Lipinski definition) is 0. The van der Waals surface area contributed by atoms with Crippen LogP contribution in [0, 0.1) is 0 Å². The molecule has 0 aliphatic carbocycles. The fourth-order valence-electron chi connectivity index (χ4n) is 0.987. The molecule has 0 unspecified atom stereocenters. The Morgan fingerprint density at radius 1 is 0.632 bits per heavy atom.